The molecule has 0 N–H and O–H groups in total. The Hall–Kier alpha value is -3.13. The second kappa shape index (κ2) is 8.31. The standard InChI is InChI=1S/C22H23N3O4S/c1-14-6-7-20(26)25(23-14)13-21(27)24-9-8-15-11-17(28-2)18(29-3)12-16(15)22(24)19-5-4-10-30-19/h4-7,10-12,22H,8-9,13H2,1-3H3. The number of carbonyl (C=O) groups excluding carboxylic acids is 1. The Bertz CT molecular complexity index is 1120. The van der Waals surface area contributed by atoms with Gasteiger partial charge in [-0.1, -0.05) is 6.07 Å². The first kappa shape index (κ1) is 20.2. The van der Waals surface area contributed by atoms with Gasteiger partial charge >= 0.3 is 0 Å². The molecule has 4 rings (SSSR count). The van der Waals surface area contributed by atoms with Crippen molar-refractivity contribution >= 4 is 17.2 Å². The summed E-state index contributed by atoms with van der Waals surface area (Å²) in [5.41, 5.74) is 2.55. The van der Waals surface area contributed by atoms with Crippen molar-refractivity contribution in [1.82, 2.24) is 14.7 Å². The maximum absolute atomic E-state index is 13.3. The van der Waals surface area contributed by atoms with Crippen molar-refractivity contribution in [3.8, 4) is 11.5 Å². The van der Waals surface area contributed by atoms with Crippen molar-refractivity contribution in [3.63, 3.8) is 0 Å². The number of amides is 1. The van der Waals surface area contributed by atoms with Crippen LogP contribution in [0.15, 0.2) is 46.6 Å². The summed E-state index contributed by atoms with van der Waals surface area (Å²) in [6.45, 7) is 2.25. The Kier molecular flexibility index (Phi) is 5.59. The normalized spacial score (nSPS) is 15.6. The van der Waals surface area contributed by atoms with Crippen LogP contribution in [0.25, 0.3) is 0 Å². The number of hydrogen-bond acceptors (Lipinski definition) is 6. The molecular weight excluding hydrogens is 402 g/mol. The molecule has 8 heteroatoms. The fourth-order valence-corrected chi connectivity index (χ4v) is 4.71. The first-order chi connectivity index (χ1) is 14.5. The number of aromatic nitrogens is 2. The van der Waals surface area contributed by atoms with Crippen molar-refractivity contribution in [1.29, 1.82) is 0 Å². The second-order valence-electron chi connectivity index (χ2n) is 7.13. The summed E-state index contributed by atoms with van der Waals surface area (Å²) in [6, 6.07) is 10.8. The van der Waals surface area contributed by atoms with Crippen LogP contribution in [-0.4, -0.2) is 41.4 Å². The van der Waals surface area contributed by atoms with Gasteiger partial charge in [0.2, 0.25) is 5.91 Å². The molecule has 3 heterocycles. The smallest absolute Gasteiger partial charge is 0.267 e. The molecule has 0 spiro atoms. The highest BCUT2D eigenvalue weighted by Gasteiger charge is 2.34. The molecule has 1 unspecified atom stereocenters. The molecule has 0 bridgehead atoms. The lowest BCUT2D eigenvalue weighted by Gasteiger charge is -2.37. The maximum atomic E-state index is 13.3. The number of methoxy groups -OCH3 is 2. The van der Waals surface area contributed by atoms with Gasteiger partial charge in [-0.15, -0.1) is 11.3 Å². The molecule has 0 saturated carbocycles. The molecule has 3 aromatic rings. The molecule has 1 atom stereocenters. The third kappa shape index (κ3) is 3.70. The largest absolute Gasteiger partial charge is 0.493 e. The number of rotatable bonds is 5. The maximum Gasteiger partial charge on any atom is 0.267 e. The highest BCUT2D eigenvalue weighted by molar-refractivity contribution is 7.10. The summed E-state index contributed by atoms with van der Waals surface area (Å²) in [5, 5.41) is 6.21. The van der Waals surface area contributed by atoms with Crippen LogP contribution in [0.5, 0.6) is 11.5 Å². The van der Waals surface area contributed by atoms with Crippen LogP contribution in [0.1, 0.15) is 27.7 Å². The van der Waals surface area contributed by atoms with Crippen molar-refractivity contribution in [2.24, 2.45) is 0 Å². The molecule has 30 heavy (non-hydrogen) atoms. The highest BCUT2D eigenvalue weighted by atomic mass is 32.1. The van der Waals surface area contributed by atoms with Gasteiger partial charge in [0.25, 0.3) is 5.56 Å². The van der Waals surface area contributed by atoms with Crippen molar-refractivity contribution in [2.75, 3.05) is 20.8 Å². The lowest BCUT2D eigenvalue weighted by molar-refractivity contribution is -0.134. The minimum absolute atomic E-state index is 0.0923. The number of aryl methyl sites for hydroxylation is 1. The molecule has 0 saturated heterocycles. The molecule has 156 valence electrons. The molecule has 2 aromatic heterocycles. The number of ether oxygens (including phenoxy) is 2. The predicted octanol–water partition coefficient (Wildman–Crippen LogP) is 2.80. The van der Waals surface area contributed by atoms with Crippen molar-refractivity contribution in [2.45, 2.75) is 25.9 Å². The van der Waals surface area contributed by atoms with Gasteiger partial charge in [0.1, 0.15) is 6.54 Å². The van der Waals surface area contributed by atoms with E-state index in [-0.39, 0.29) is 24.1 Å². The van der Waals surface area contributed by atoms with Gasteiger partial charge < -0.3 is 14.4 Å². The minimum atomic E-state index is -0.287. The van der Waals surface area contributed by atoms with E-state index >= 15 is 0 Å². The van der Waals surface area contributed by atoms with E-state index in [2.05, 4.69) is 5.10 Å². The van der Waals surface area contributed by atoms with E-state index in [1.165, 1.54) is 10.7 Å². The molecule has 0 radical (unpaired) electrons. The Morgan fingerprint density at radius 2 is 1.97 bits per heavy atom. The summed E-state index contributed by atoms with van der Waals surface area (Å²) in [7, 11) is 3.22. The van der Waals surface area contributed by atoms with Crippen molar-refractivity contribution in [3.05, 3.63) is 73.8 Å². The van der Waals surface area contributed by atoms with E-state index in [0.717, 1.165) is 16.0 Å². The molecule has 1 amide bonds. The van der Waals surface area contributed by atoms with Crippen LogP contribution < -0.4 is 15.0 Å². The molecule has 0 aliphatic carbocycles. The number of carbonyl (C=O) groups is 1. The van der Waals surface area contributed by atoms with E-state index in [9.17, 15) is 9.59 Å². The zero-order chi connectivity index (χ0) is 21.3. The van der Waals surface area contributed by atoms with Crippen molar-refractivity contribution < 1.29 is 14.3 Å². The van der Waals surface area contributed by atoms with Crippen LogP contribution in [0.2, 0.25) is 0 Å². The van der Waals surface area contributed by atoms with Crippen LogP contribution in [0, 0.1) is 6.92 Å². The molecular formula is C22H23N3O4S. The van der Waals surface area contributed by atoms with Crippen LogP contribution in [0.3, 0.4) is 0 Å². The monoisotopic (exact) mass is 425 g/mol. The summed E-state index contributed by atoms with van der Waals surface area (Å²) < 4.78 is 12.2. The van der Waals surface area contributed by atoms with E-state index in [1.54, 1.807) is 38.5 Å². The van der Waals surface area contributed by atoms with Gasteiger partial charge in [-0.2, -0.15) is 5.10 Å². The zero-order valence-corrected chi connectivity index (χ0v) is 17.9. The van der Waals surface area contributed by atoms with Gasteiger partial charge in [0, 0.05) is 17.5 Å². The third-order valence-corrected chi connectivity index (χ3v) is 6.22. The first-order valence-electron chi connectivity index (χ1n) is 9.64. The molecule has 1 aromatic carbocycles. The van der Waals surface area contributed by atoms with Crippen LogP contribution in [0.4, 0.5) is 0 Å². The molecule has 1 aliphatic rings. The third-order valence-electron chi connectivity index (χ3n) is 5.29. The van der Waals surface area contributed by atoms with Crippen LogP contribution >= 0.6 is 11.3 Å². The molecule has 0 fully saturated rings. The van der Waals surface area contributed by atoms with E-state index < -0.39 is 0 Å². The predicted molar refractivity (Wildman–Crippen MR) is 114 cm³/mol. The number of nitrogens with zero attached hydrogens (tertiary/aromatic N) is 3. The lowest BCUT2D eigenvalue weighted by Crippen LogP contribution is -2.43. The number of benzene rings is 1. The molecule has 1 aliphatic heterocycles. The first-order valence-corrected chi connectivity index (χ1v) is 10.5. The summed E-state index contributed by atoms with van der Waals surface area (Å²) >= 11 is 1.60. The van der Waals surface area contributed by atoms with Gasteiger partial charge in [0.15, 0.2) is 11.5 Å². The van der Waals surface area contributed by atoms with E-state index in [0.29, 0.717) is 30.2 Å². The zero-order valence-electron chi connectivity index (χ0n) is 17.1. The Balaban J connectivity index is 1.74. The number of hydrogen-bond donors (Lipinski definition) is 0. The molecule has 7 nitrogen and oxygen atoms in total. The van der Waals surface area contributed by atoms with Gasteiger partial charge in [-0.05, 0) is 54.1 Å². The highest BCUT2D eigenvalue weighted by Crippen LogP contribution is 2.42. The fraction of sp³-hybridized carbons (Fsp3) is 0.318. The fourth-order valence-electron chi connectivity index (χ4n) is 3.85. The average Bonchev–Trinajstić information content (AvgIpc) is 3.28. The second-order valence-corrected chi connectivity index (χ2v) is 8.11. The van der Waals surface area contributed by atoms with Gasteiger partial charge in [0.05, 0.1) is 26.0 Å². The van der Waals surface area contributed by atoms with E-state index in [4.69, 9.17) is 9.47 Å². The van der Waals surface area contributed by atoms with Crippen LogP contribution in [-0.2, 0) is 17.8 Å². The Morgan fingerprint density at radius 3 is 2.67 bits per heavy atom. The quantitative estimate of drug-likeness (QED) is 0.629. The summed E-state index contributed by atoms with van der Waals surface area (Å²) in [6.07, 6.45) is 0.694. The SMILES string of the molecule is COc1cc2c(cc1OC)C(c1cccs1)N(C(=O)Cn1nc(C)ccc1=O)CC2. The summed E-state index contributed by atoms with van der Waals surface area (Å²) in [4.78, 5) is 28.3. The van der Waals surface area contributed by atoms with Gasteiger partial charge in [-0.3, -0.25) is 9.59 Å². The lowest BCUT2D eigenvalue weighted by atomic mass is 9.90. The Labute approximate surface area is 178 Å². The number of thiophene rings is 1. The Morgan fingerprint density at radius 1 is 1.20 bits per heavy atom. The van der Waals surface area contributed by atoms with Gasteiger partial charge in [-0.25, -0.2) is 4.68 Å². The minimum Gasteiger partial charge on any atom is -0.493 e. The topological polar surface area (TPSA) is 73.7 Å². The average molecular weight is 426 g/mol. The number of fused-ring (bicyclic) bond motifs is 1. The van der Waals surface area contributed by atoms with E-state index in [1.807, 2.05) is 34.5 Å². The summed E-state index contributed by atoms with van der Waals surface area (Å²) in [5.74, 6) is 1.16.